The lowest BCUT2D eigenvalue weighted by molar-refractivity contribution is -0.0375. The first-order chi connectivity index (χ1) is 12.3. The molecule has 3 saturated carbocycles. The summed E-state index contributed by atoms with van der Waals surface area (Å²) >= 11 is 0. The Kier molecular flexibility index (Phi) is 5.45. The normalized spacial score (nSPS) is 29.9. The lowest BCUT2D eigenvalue weighted by Gasteiger charge is -2.51. The van der Waals surface area contributed by atoms with Gasteiger partial charge in [0, 0.05) is 17.5 Å². The van der Waals surface area contributed by atoms with Crippen molar-refractivity contribution in [3.63, 3.8) is 0 Å². The molecule has 3 fully saturated rings. The Morgan fingerprint density at radius 3 is 2.38 bits per heavy atom. The molecule has 2 N–H and O–H groups in total. The molecule has 5 nitrogen and oxygen atoms in total. The van der Waals surface area contributed by atoms with Gasteiger partial charge in [0.1, 0.15) is 0 Å². The molecule has 0 atom stereocenters. The number of nitrogens with zero attached hydrogens (tertiary/aromatic N) is 1. The highest BCUT2D eigenvalue weighted by Crippen LogP contribution is 2.53. The monoisotopic (exact) mass is 378 g/mol. The lowest BCUT2D eigenvalue weighted by atomic mass is 9.56. The summed E-state index contributed by atoms with van der Waals surface area (Å²) in [5.41, 5.74) is 1.09. The fourth-order valence-corrected chi connectivity index (χ4v) is 5.14. The SMILES string of the molecule is CCCCCC12CCC(O)(CC1)CC2=NNS(=O)(=O)c1ccc(C)cc1. The first-order valence-electron chi connectivity index (χ1n) is 9.67. The lowest BCUT2D eigenvalue weighted by Crippen LogP contribution is -2.52. The topological polar surface area (TPSA) is 78.8 Å². The van der Waals surface area contributed by atoms with E-state index in [0.29, 0.717) is 6.42 Å². The summed E-state index contributed by atoms with van der Waals surface area (Å²) in [5.74, 6) is 0. The standard InChI is InChI=1S/C20H30N2O3S/c1-3-4-5-10-19-11-13-20(23,14-12-19)15-18(19)21-22-26(24,25)17-8-6-16(2)7-9-17/h6-9,22-23H,3-5,10-15H2,1-2H3. The number of nitrogens with one attached hydrogen (secondary N) is 1. The van der Waals surface area contributed by atoms with Gasteiger partial charge in [-0.2, -0.15) is 13.5 Å². The maximum Gasteiger partial charge on any atom is 0.276 e. The molecule has 6 heteroatoms. The Morgan fingerprint density at radius 1 is 1.12 bits per heavy atom. The number of sulfonamides is 1. The van der Waals surface area contributed by atoms with Gasteiger partial charge in [0.05, 0.1) is 10.5 Å². The van der Waals surface area contributed by atoms with Crippen LogP contribution in [-0.2, 0) is 10.0 Å². The molecule has 0 aliphatic heterocycles. The molecule has 0 spiro atoms. The number of aliphatic hydroxyl groups is 1. The average molecular weight is 379 g/mol. The van der Waals surface area contributed by atoms with Crippen LogP contribution in [0.3, 0.4) is 0 Å². The van der Waals surface area contributed by atoms with E-state index in [9.17, 15) is 13.5 Å². The van der Waals surface area contributed by atoms with E-state index in [-0.39, 0.29) is 10.3 Å². The van der Waals surface area contributed by atoms with E-state index in [1.165, 1.54) is 6.42 Å². The van der Waals surface area contributed by atoms with Gasteiger partial charge in [0.2, 0.25) is 0 Å². The zero-order chi connectivity index (χ0) is 18.8. The van der Waals surface area contributed by atoms with Crippen LogP contribution >= 0.6 is 0 Å². The number of hydrazone groups is 1. The van der Waals surface area contributed by atoms with Crippen LogP contribution in [0.25, 0.3) is 0 Å². The molecule has 0 amide bonds. The highest BCUT2D eigenvalue weighted by atomic mass is 32.2. The number of rotatable bonds is 7. The average Bonchev–Trinajstić information content (AvgIpc) is 2.62. The van der Waals surface area contributed by atoms with E-state index < -0.39 is 15.6 Å². The maximum absolute atomic E-state index is 12.6. The summed E-state index contributed by atoms with van der Waals surface area (Å²) in [6.07, 6.45) is 8.36. The van der Waals surface area contributed by atoms with Crippen LogP contribution in [-0.4, -0.2) is 24.8 Å². The van der Waals surface area contributed by atoms with E-state index in [1.807, 2.05) is 6.92 Å². The van der Waals surface area contributed by atoms with Crippen LogP contribution in [0.4, 0.5) is 0 Å². The van der Waals surface area contributed by atoms with Crippen LogP contribution < -0.4 is 4.83 Å². The van der Waals surface area contributed by atoms with E-state index in [2.05, 4.69) is 16.9 Å². The van der Waals surface area contributed by atoms with E-state index in [4.69, 9.17) is 0 Å². The van der Waals surface area contributed by atoms with Gasteiger partial charge in [-0.15, -0.1) is 0 Å². The van der Waals surface area contributed by atoms with Gasteiger partial charge < -0.3 is 5.11 Å². The molecule has 0 heterocycles. The predicted octanol–water partition coefficient (Wildman–Crippen LogP) is 3.90. The van der Waals surface area contributed by atoms with Crippen molar-refractivity contribution in [1.82, 2.24) is 4.83 Å². The molecule has 2 bridgehead atoms. The van der Waals surface area contributed by atoms with Crippen molar-refractivity contribution in [1.29, 1.82) is 0 Å². The molecule has 0 aromatic heterocycles. The number of aryl methyl sites for hydroxylation is 1. The van der Waals surface area contributed by atoms with Gasteiger partial charge in [0.25, 0.3) is 10.0 Å². The zero-order valence-corrected chi connectivity index (χ0v) is 16.6. The highest BCUT2D eigenvalue weighted by molar-refractivity contribution is 7.89. The quantitative estimate of drug-likeness (QED) is 0.558. The third-order valence-corrected chi connectivity index (χ3v) is 7.36. The Morgan fingerprint density at radius 2 is 1.77 bits per heavy atom. The minimum absolute atomic E-state index is 0.0462. The number of unbranched alkanes of at least 4 members (excludes halogenated alkanes) is 2. The largest absolute Gasteiger partial charge is 0.389 e. The van der Waals surface area contributed by atoms with Crippen molar-refractivity contribution < 1.29 is 13.5 Å². The summed E-state index contributed by atoms with van der Waals surface area (Å²) in [6.45, 7) is 4.10. The minimum atomic E-state index is -3.68. The minimum Gasteiger partial charge on any atom is -0.389 e. The number of hydrogen-bond acceptors (Lipinski definition) is 4. The van der Waals surface area contributed by atoms with Crippen molar-refractivity contribution in [3.05, 3.63) is 29.8 Å². The Balaban J connectivity index is 1.81. The first-order valence-corrected chi connectivity index (χ1v) is 11.1. The third-order valence-electron chi connectivity index (χ3n) is 6.14. The molecule has 3 aliphatic carbocycles. The molecule has 26 heavy (non-hydrogen) atoms. The van der Waals surface area contributed by atoms with Gasteiger partial charge in [-0.3, -0.25) is 0 Å². The molecule has 144 valence electrons. The smallest absolute Gasteiger partial charge is 0.276 e. The van der Waals surface area contributed by atoms with E-state index >= 15 is 0 Å². The molecule has 0 unspecified atom stereocenters. The van der Waals surface area contributed by atoms with Gasteiger partial charge in [-0.05, 0) is 51.2 Å². The summed E-state index contributed by atoms with van der Waals surface area (Å²) in [5, 5.41) is 15.0. The Hall–Kier alpha value is -1.40. The molecule has 1 aromatic rings. The van der Waals surface area contributed by atoms with Gasteiger partial charge in [-0.1, -0.05) is 43.9 Å². The molecular formula is C20H30N2O3S. The van der Waals surface area contributed by atoms with Crippen molar-refractivity contribution in [3.8, 4) is 0 Å². The number of benzene rings is 1. The fourth-order valence-electron chi connectivity index (χ4n) is 4.31. The number of hydrogen-bond donors (Lipinski definition) is 2. The molecule has 4 rings (SSSR count). The van der Waals surface area contributed by atoms with E-state index in [1.54, 1.807) is 24.3 Å². The summed E-state index contributed by atoms with van der Waals surface area (Å²) in [7, 11) is -3.68. The van der Waals surface area contributed by atoms with E-state index in [0.717, 1.165) is 56.2 Å². The molecule has 0 radical (unpaired) electrons. The molecular weight excluding hydrogens is 348 g/mol. The van der Waals surface area contributed by atoms with Crippen LogP contribution in [0, 0.1) is 12.3 Å². The summed E-state index contributed by atoms with van der Waals surface area (Å²) < 4.78 is 25.1. The van der Waals surface area contributed by atoms with Crippen LogP contribution in [0.2, 0.25) is 0 Å². The van der Waals surface area contributed by atoms with Crippen molar-refractivity contribution in [2.24, 2.45) is 10.5 Å². The predicted molar refractivity (Wildman–Crippen MR) is 104 cm³/mol. The second-order valence-electron chi connectivity index (χ2n) is 8.10. The summed E-state index contributed by atoms with van der Waals surface area (Å²) in [4.78, 5) is 2.65. The Labute approximate surface area is 156 Å². The Bertz CT molecular complexity index is 761. The highest BCUT2D eigenvalue weighted by Gasteiger charge is 2.51. The third kappa shape index (κ3) is 3.96. The van der Waals surface area contributed by atoms with Gasteiger partial charge in [-0.25, -0.2) is 4.83 Å². The second-order valence-corrected chi connectivity index (χ2v) is 9.77. The first kappa shape index (κ1) is 19.4. The zero-order valence-electron chi connectivity index (χ0n) is 15.8. The van der Waals surface area contributed by atoms with Gasteiger partial charge >= 0.3 is 0 Å². The van der Waals surface area contributed by atoms with Crippen molar-refractivity contribution >= 4 is 15.7 Å². The van der Waals surface area contributed by atoms with Crippen LogP contribution in [0.15, 0.2) is 34.3 Å². The van der Waals surface area contributed by atoms with Crippen molar-refractivity contribution in [2.45, 2.75) is 82.1 Å². The maximum atomic E-state index is 12.6. The van der Waals surface area contributed by atoms with Crippen LogP contribution in [0.5, 0.6) is 0 Å². The molecule has 1 aromatic carbocycles. The summed E-state index contributed by atoms with van der Waals surface area (Å²) in [6, 6.07) is 6.74. The van der Waals surface area contributed by atoms with Crippen molar-refractivity contribution in [2.75, 3.05) is 0 Å². The van der Waals surface area contributed by atoms with Crippen LogP contribution in [0.1, 0.15) is 70.3 Å². The second kappa shape index (κ2) is 7.31. The van der Waals surface area contributed by atoms with Gasteiger partial charge in [0.15, 0.2) is 0 Å². The molecule has 3 aliphatic rings. The number of fused-ring (bicyclic) bond motifs is 3. The fraction of sp³-hybridized carbons (Fsp3) is 0.650. The molecule has 0 saturated heterocycles.